The first kappa shape index (κ1) is 17.5. The fraction of sp³-hybridized carbons (Fsp3) is 0.588. The first-order chi connectivity index (χ1) is 9.81. The van der Waals surface area contributed by atoms with Gasteiger partial charge >= 0.3 is 0 Å². The fourth-order valence-corrected chi connectivity index (χ4v) is 1.82. The van der Waals surface area contributed by atoms with Gasteiger partial charge in [0.2, 0.25) is 0 Å². The van der Waals surface area contributed by atoms with Crippen LogP contribution in [0, 0.1) is 0 Å². The first-order valence-electron chi connectivity index (χ1n) is 7.60. The maximum Gasteiger partial charge on any atom is 0.261 e. The molecule has 0 heterocycles. The largest absolute Gasteiger partial charge is 0.481 e. The van der Waals surface area contributed by atoms with E-state index in [2.05, 4.69) is 17.6 Å². The highest BCUT2D eigenvalue weighted by Gasteiger charge is 2.20. The molecule has 1 atom stereocenters. The third-order valence-corrected chi connectivity index (χ3v) is 2.86. The number of carbonyl (C=O) groups excluding carboxylic acids is 1. The molecule has 1 aromatic carbocycles. The predicted molar refractivity (Wildman–Crippen MR) is 86.4 cm³/mol. The lowest BCUT2D eigenvalue weighted by Crippen LogP contribution is -2.46. The van der Waals surface area contributed by atoms with E-state index in [0.29, 0.717) is 5.75 Å². The van der Waals surface area contributed by atoms with E-state index in [4.69, 9.17) is 4.74 Å². The van der Waals surface area contributed by atoms with Gasteiger partial charge in [-0.25, -0.2) is 0 Å². The molecule has 2 N–H and O–H groups in total. The van der Waals surface area contributed by atoms with Gasteiger partial charge in [-0.2, -0.15) is 0 Å². The number of carbonyl (C=O) groups is 1. The van der Waals surface area contributed by atoms with Crippen LogP contribution in [-0.2, 0) is 11.3 Å². The molecule has 4 heteroatoms. The van der Waals surface area contributed by atoms with Crippen molar-refractivity contribution in [2.45, 2.75) is 59.2 Å². The van der Waals surface area contributed by atoms with E-state index in [1.165, 1.54) is 5.56 Å². The average Bonchev–Trinajstić information content (AvgIpc) is 2.39. The molecular weight excluding hydrogens is 264 g/mol. The van der Waals surface area contributed by atoms with Crippen LogP contribution < -0.4 is 15.4 Å². The van der Waals surface area contributed by atoms with E-state index in [-0.39, 0.29) is 11.4 Å². The molecule has 21 heavy (non-hydrogen) atoms. The van der Waals surface area contributed by atoms with E-state index < -0.39 is 6.10 Å². The van der Waals surface area contributed by atoms with E-state index in [1.807, 2.05) is 45.0 Å². The molecule has 0 saturated heterocycles. The van der Waals surface area contributed by atoms with Gasteiger partial charge in [-0.05, 0) is 58.4 Å². The predicted octanol–water partition coefficient (Wildman–Crippen LogP) is 2.87. The summed E-state index contributed by atoms with van der Waals surface area (Å²) in [7, 11) is 0. The Morgan fingerprint density at radius 2 is 1.86 bits per heavy atom. The van der Waals surface area contributed by atoms with Crippen LogP contribution in [-0.4, -0.2) is 24.1 Å². The topological polar surface area (TPSA) is 50.4 Å². The first-order valence-corrected chi connectivity index (χ1v) is 7.60. The number of rotatable bonds is 7. The molecule has 1 amide bonds. The van der Waals surface area contributed by atoms with Gasteiger partial charge in [-0.15, -0.1) is 0 Å². The molecule has 0 fully saturated rings. The standard InChI is InChI=1S/C17H28N2O2/c1-6-11-18-12-14-7-9-15(10-8-14)21-13(2)16(20)19-17(3,4)5/h7-10,13,18H,6,11-12H2,1-5H3,(H,19,20). The van der Waals surface area contributed by atoms with Crippen molar-refractivity contribution in [3.63, 3.8) is 0 Å². The van der Waals surface area contributed by atoms with E-state index in [9.17, 15) is 4.79 Å². The van der Waals surface area contributed by atoms with Gasteiger partial charge in [0, 0.05) is 12.1 Å². The summed E-state index contributed by atoms with van der Waals surface area (Å²) >= 11 is 0. The van der Waals surface area contributed by atoms with Crippen LogP contribution in [0.4, 0.5) is 0 Å². The van der Waals surface area contributed by atoms with Crippen LogP contribution in [0.25, 0.3) is 0 Å². The minimum absolute atomic E-state index is 0.101. The Kier molecular flexibility index (Phi) is 6.69. The number of hydrogen-bond acceptors (Lipinski definition) is 3. The van der Waals surface area contributed by atoms with Crippen molar-refractivity contribution in [2.24, 2.45) is 0 Å². The number of ether oxygens (including phenoxy) is 1. The second-order valence-corrected chi connectivity index (χ2v) is 6.32. The maximum absolute atomic E-state index is 12.0. The van der Waals surface area contributed by atoms with Crippen molar-refractivity contribution in [1.82, 2.24) is 10.6 Å². The molecular formula is C17H28N2O2. The van der Waals surface area contributed by atoms with Crippen molar-refractivity contribution in [3.05, 3.63) is 29.8 Å². The Bertz CT molecular complexity index is 435. The van der Waals surface area contributed by atoms with Crippen molar-refractivity contribution in [3.8, 4) is 5.75 Å². The lowest BCUT2D eigenvalue weighted by molar-refractivity contribution is -0.128. The lowest BCUT2D eigenvalue weighted by Gasteiger charge is -2.23. The van der Waals surface area contributed by atoms with Gasteiger partial charge in [0.15, 0.2) is 6.10 Å². The molecule has 1 rings (SSSR count). The van der Waals surface area contributed by atoms with Crippen LogP contribution in [0.1, 0.15) is 46.6 Å². The number of nitrogens with one attached hydrogen (secondary N) is 2. The van der Waals surface area contributed by atoms with Crippen molar-refractivity contribution in [2.75, 3.05) is 6.54 Å². The highest BCUT2D eigenvalue weighted by atomic mass is 16.5. The molecule has 0 aromatic heterocycles. The molecule has 0 saturated carbocycles. The van der Waals surface area contributed by atoms with E-state index >= 15 is 0 Å². The summed E-state index contributed by atoms with van der Waals surface area (Å²) in [5, 5.41) is 6.26. The second kappa shape index (κ2) is 8.03. The summed E-state index contributed by atoms with van der Waals surface area (Å²) in [6.45, 7) is 11.6. The zero-order chi connectivity index (χ0) is 15.9. The summed E-state index contributed by atoms with van der Waals surface area (Å²) in [5.74, 6) is 0.613. The monoisotopic (exact) mass is 292 g/mol. The summed E-state index contributed by atoms with van der Waals surface area (Å²) in [6.07, 6.45) is 0.620. The molecule has 0 radical (unpaired) electrons. The Labute approximate surface area is 128 Å². The molecule has 1 unspecified atom stereocenters. The zero-order valence-corrected chi connectivity index (χ0v) is 13.8. The SMILES string of the molecule is CCCNCc1ccc(OC(C)C(=O)NC(C)(C)C)cc1. The highest BCUT2D eigenvalue weighted by molar-refractivity contribution is 5.81. The van der Waals surface area contributed by atoms with Gasteiger partial charge in [-0.1, -0.05) is 19.1 Å². The van der Waals surface area contributed by atoms with Gasteiger partial charge in [0.25, 0.3) is 5.91 Å². The van der Waals surface area contributed by atoms with E-state index in [0.717, 1.165) is 19.5 Å². The number of hydrogen-bond donors (Lipinski definition) is 2. The third kappa shape index (κ3) is 7.14. The Balaban J connectivity index is 2.49. The maximum atomic E-state index is 12.0. The molecule has 118 valence electrons. The zero-order valence-electron chi connectivity index (χ0n) is 13.8. The van der Waals surface area contributed by atoms with Gasteiger partial charge in [0.1, 0.15) is 5.75 Å². The van der Waals surface area contributed by atoms with Crippen LogP contribution in [0.15, 0.2) is 24.3 Å². The molecule has 0 bridgehead atoms. The van der Waals surface area contributed by atoms with Gasteiger partial charge < -0.3 is 15.4 Å². The summed E-state index contributed by atoms with van der Waals surface area (Å²) < 4.78 is 5.67. The fourth-order valence-electron chi connectivity index (χ4n) is 1.82. The van der Waals surface area contributed by atoms with Gasteiger partial charge in [0.05, 0.1) is 0 Å². The van der Waals surface area contributed by atoms with E-state index in [1.54, 1.807) is 6.92 Å². The molecule has 0 aliphatic rings. The van der Waals surface area contributed by atoms with Crippen molar-refractivity contribution < 1.29 is 9.53 Å². The molecule has 0 aliphatic heterocycles. The molecule has 4 nitrogen and oxygen atoms in total. The quantitative estimate of drug-likeness (QED) is 0.760. The van der Waals surface area contributed by atoms with Crippen LogP contribution >= 0.6 is 0 Å². The lowest BCUT2D eigenvalue weighted by atomic mass is 10.1. The van der Waals surface area contributed by atoms with Crippen LogP contribution in [0.2, 0.25) is 0 Å². The minimum atomic E-state index is -0.506. The van der Waals surface area contributed by atoms with Gasteiger partial charge in [-0.3, -0.25) is 4.79 Å². The Morgan fingerprint density at radius 3 is 2.38 bits per heavy atom. The normalized spacial score (nSPS) is 12.8. The summed E-state index contributed by atoms with van der Waals surface area (Å²) in [4.78, 5) is 12.0. The smallest absolute Gasteiger partial charge is 0.261 e. The Hall–Kier alpha value is -1.55. The van der Waals surface area contributed by atoms with Crippen molar-refractivity contribution >= 4 is 5.91 Å². The summed E-state index contributed by atoms with van der Waals surface area (Å²) in [5.41, 5.74) is 0.964. The molecule has 0 aliphatic carbocycles. The average molecular weight is 292 g/mol. The van der Waals surface area contributed by atoms with Crippen LogP contribution in [0.3, 0.4) is 0 Å². The molecule has 0 spiro atoms. The van der Waals surface area contributed by atoms with Crippen LogP contribution in [0.5, 0.6) is 5.75 Å². The van der Waals surface area contributed by atoms with Crippen molar-refractivity contribution in [1.29, 1.82) is 0 Å². The molecule has 1 aromatic rings. The number of amides is 1. The minimum Gasteiger partial charge on any atom is -0.481 e. The second-order valence-electron chi connectivity index (χ2n) is 6.32. The number of benzene rings is 1. The highest BCUT2D eigenvalue weighted by Crippen LogP contribution is 2.14. The summed E-state index contributed by atoms with van der Waals surface area (Å²) in [6, 6.07) is 7.85. The third-order valence-electron chi connectivity index (χ3n) is 2.86. The Morgan fingerprint density at radius 1 is 1.24 bits per heavy atom.